The topological polar surface area (TPSA) is 64.4 Å². The summed E-state index contributed by atoms with van der Waals surface area (Å²) in [6.45, 7) is 3.05. The van der Waals surface area contributed by atoms with Crippen molar-refractivity contribution in [1.29, 1.82) is 5.26 Å². The highest BCUT2D eigenvalue weighted by Gasteiger charge is 2.34. The first kappa shape index (κ1) is 14.5. The number of hydrogen-bond acceptors (Lipinski definition) is 4. The molecule has 1 atom stereocenters. The largest absolute Gasteiger partial charge is 0.298 e. The SMILES string of the molecule is N#Cc1ccc(S(=O)(=O)N2CCN3CCCCC3C2)cc1. The molecule has 0 saturated carbocycles. The highest BCUT2D eigenvalue weighted by molar-refractivity contribution is 7.89. The molecular formula is C15H19N3O2S. The normalized spacial score (nSPS) is 24.2. The lowest BCUT2D eigenvalue weighted by molar-refractivity contribution is 0.0852. The fourth-order valence-corrected chi connectivity index (χ4v) is 4.66. The summed E-state index contributed by atoms with van der Waals surface area (Å²) >= 11 is 0. The Kier molecular flexibility index (Phi) is 3.98. The van der Waals surface area contributed by atoms with Gasteiger partial charge in [0.2, 0.25) is 10.0 Å². The van der Waals surface area contributed by atoms with E-state index in [2.05, 4.69) is 4.90 Å². The summed E-state index contributed by atoms with van der Waals surface area (Å²) in [6.07, 6.45) is 3.49. The van der Waals surface area contributed by atoms with Crippen molar-refractivity contribution in [3.05, 3.63) is 29.8 Å². The summed E-state index contributed by atoms with van der Waals surface area (Å²) in [5.41, 5.74) is 0.478. The summed E-state index contributed by atoms with van der Waals surface area (Å²) in [7, 11) is -3.44. The molecule has 1 aromatic carbocycles. The van der Waals surface area contributed by atoms with Gasteiger partial charge in [0.1, 0.15) is 0 Å². The fourth-order valence-electron chi connectivity index (χ4n) is 3.20. The molecule has 2 aliphatic rings. The predicted octanol–water partition coefficient (Wildman–Crippen LogP) is 1.42. The molecule has 0 aliphatic carbocycles. The summed E-state index contributed by atoms with van der Waals surface area (Å²) in [6, 6.07) is 8.55. The van der Waals surface area contributed by atoms with Gasteiger partial charge >= 0.3 is 0 Å². The van der Waals surface area contributed by atoms with Crippen molar-refractivity contribution in [2.75, 3.05) is 26.2 Å². The first-order valence-corrected chi connectivity index (χ1v) is 8.79. The van der Waals surface area contributed by atoms with E-state index in [0.717, 1.165) is 19.5 Å². The van der Waals surface area contributed by atoms with Crippen molar-refractivity contribution < 1.29 is 8.42 Å². The minimum atomic E-state index is -3.44. The number of sulfonamides is 1. The maximum atomic E-state index is 12.7. The number of benzene rings is 1. The molecule has 21 heavy (non-hydrogen) atoms. The Bertz CT molecular complexity index is 648. The molecule has 0 radical (unpaired) electrons. The molecule has 1 unspecified atom stereocenters. The smallest absolute Gasteiger partial charge is 0.243 e. The number of piperazine rings is 1. The lowest BCUT2D eigenvalue weighted by Crippen LogP contribution is -2.56. The molecule has 2 heterocycles. The standard InChI is InChI=1S/C15H19N3O2S/c16-11-13-4-6-15(7-5-13)21(19,20)18-10-9-17-8-2-1-3-14(17)12-18/h4-7,14H,1-3,8-10,12H2. The van der Waals surface area contributed by atoms with E-state index in [1.807, 2.05) is 6.07 Å². The third-order valence-electron chi connectivity index (χ3n) is 4.42. The van der Waals surface area contributed by atoms with Gasteiger partial charge in [-0.2, -0.15) is 9.57 Å². The maximum absolute atomic E-state index is 12.7. The van der Waals surface area contributed by atoms with Crippen LogP contribution in [0, 0.1) is 11.3 Å². The summed E-state index contributed by atoms with van der Waals surface area (Å²) in [4.78, 5) is 2.69. The van der Waals surface area contributed by atoms with E-state index in [0.29, 0.717) is 24.7 Å². The molecule has 0 aromatic heterocycles. The average Bonchev–Trinajstić information content (AvgIpc) is 2.54. The van der Waals surface area contributed by atoms with Crippen LogP contribution in [-0.4, -0.2) is 49.8 Å². The molecule has 0 spiro atoms. The number of nitriles is 1. The van der Waals surface area contributed by atoms with E-state index in [1.165, 1.54) is 25.0 Å². The van der Waals surface area contributed by atoms with Crippen LogP contribution >= 0.6 is 0 Å². The van der Waals surface area contributed by atoms with Crippen LogP contribution in [0.5, 0.6) is 0 Å². The molecule has 6 heteroatoms. The van der Waals surface area contributed by atoms with Crippen LogP contribution in [0.4, 0.5) is 0 Å². The Morgan fingerprint density at radius 1 is 1.10 bits per heavy atom. The van der Waals surface area contributed by atoms with E-state index in [1.54, 1.807) is 16.4 Å². The van der Waals surface area contributed by atoms with Gasteiger partial charge in [0.25, 0.3) is 0 Å². The van der Waals surface area contributed by atoms with Crippen LogP contribution in [0.3, 0.4) is 0 Å². The molecule has 3 rings (SSSR count). The third-order valence-corrected chi connectivity index (χ3v) is 6.30. The minimum absolute atomic E-state index is 0.283. The van der Waals surface area contributed by atoms with E-state index < -0.39 is 10.0 Å². The molecule has 0 N–H and O–H groups in total. The van der Waals surface area contributed by atoms with Crippen LogP contribution in [-0.2, 0) is 10.0 Å². The Hall–Kier alpha value is -1.42. The van der Waals surface area contributed by atoms with Crippen LogP contribution in [0.25, 0.3) is 0 Å². The van der Waals surface area contributed by atoms with Gasteiger partial charge in [-0.05, 0) is 43.7 Å². The molecule has 2 aliphatic heterocycles. The lowest BCUT2D eigenvalue weighted by atomic mass is 10.0. The summed E-state index contributed by atoms with van der Waals surface area (Å²) in [5, 5.41) is 8.79. The number of piperidine rings is 1. The number of fused-ring (bicyclic) bond motifs is 1. The van der Waals surface area contributed by atoms with Gasteiger partial charge in [-0.15, -0.1) is 0 Å². The number of hydrogen-bond donors (Lipinski definition) is 0. The molecule has 0 bridgehead atoms. The zero-order chi connectivity index (χ0) is 14.9. The number of nitrogens with zero attached hydrogens (tertiary/aromatic N) is 3. The molecule has 1 aromatic rings. The van der Waals surface area contributed by atoms with Crippen molar-refractivity contribution >= 4 is 10.0 Å². The first-order chi connectivity index (χ1) is 10.1. The van der Waals surface area contributed by atoms with Crippen LogP contribution in [0.15, 0.2) is 29.2 Å². The lowest BCUT2D eigenvalue weighted by Gasteiger charge is -2.43. The second-order valence-electron chi connectivity index (χ2n) is 5.68. The van der Waals surface area contributed by atoms with Crippen LogP contribution < -0.4 is 0 Å². The minimum Gasteiger partial charge on any atom is -0.298 e. The summed E-state index contributed by atoms with van der Waals surface area (Å²) in [5.74, 6) is 0. The third kappa shape index (κ3) is 2.82. The molecule has 5 nitrogen and oxygen atoms in total. The second kappa shape index (κ2) is 5.76. The monoisotopic (exact) mass is 305 g/mol. The number of rotatable bonds is 2. The highest BCUT2D eigenvalue weighted by atomic mass is 32.2. The zero-order valence-corrected chi connectivity index (χ0v) is 12.7. The van der Waals surface area contributed by atoms with E-state index in [4.69, 9.17) is 5.26 Å². The van der Waals surface area contributed by atoms with Gasteiger partial charge in [0.15, 0.2) is 0 Å². The Balaban J connectivity index is 1.79. The Morgan fingerprint density at radius 3 is 2.57 bits per heavy atom. The van der Waals surface area contributed by atoms with Crippen molar-refractivity contribution in [3.8, 4) is 6.07 Å². The zero-order valence-electron chi connectivity index (χ0n) is 11.9. The molecular weight excluding hydrogens is 286 g/mol. The highest BCUT2D eigenvalue weighted by Crippen LogP contribution is 2.25. The van der Waals surface area contributed by atoms with Gasteiger partial charge in [-0.25, -0.2) is 8.42 Å². The van der Waals surface area contributed by atoms with E-state index in [9.17, 15) is 8.42 Å². The van der Waals surface area contributed by atoms with Crippen molar-refractivity contribution in [1.82, 2.24) is 9.21 Å². The predicted molar refractivity (Wildman–Crippen MR) is 79.1 cm³/mol. The van der Waals surface area contributed by atoms with Gasteiger partial charge < -0.3 is 0 Å². The van der Waals surface area contributed by atoms with Gasteiger partial charge in [0.05, 0.1) is 16.5 Å². The molecule has 2 fully saturated rings. The van der Waals surface area contributed by atoms with Crippen LogP contribution in [0.2, 0.25) is 0 Å². The van der Waals surface area contributed by atoms with E-state index >= 15 is 0 Å². The molecule has 2 saturated heterocycles. The van der Waals surface area contributed by atoms with Crippen molar-refractivity contribution in [2.24, 2.45) is 0 Å². The van der Waals surface area contributed by atoms with E-state index in [-0.39, 0.29) is 4.90 Å². The molecule has 112 valence electrons. The second-order valence-corrected chi connectivity index (χ2v) is 7.62. The Morgan fingerprint density at radius 2 is 1.86 bits per heavy atom. The Labute approximate surface area is 125 Å². The quantitative estimate of drug-likeness (QED) is 0.829. The first-order valence-electron chi connectivity index (χ1n) is 7.35. The van der Waals surface area contributed by atoms with Crippen LogP contribution in [0.1, 0.15) is 24.8 Å². The summed E-state index contributed by atoms with van der Waals surface area (Å²) < 4.78 is 27.0. The van der Waals surface area contributed by atoms with Crippen molar-refractivity contribution in [2.45, 2.75) is 30.2 Å². The maximum Gasteiger partial charge on any atom is 0.243 e. The van der Waals surface area contributed by atoms with Gasteiger partial charge in [-0.3, -0.25) is 4.90 Å². The van der Waals surface area contributed by atoms with Gasteiger partial charge in [0, 0.05) is 25.7 Å². The fraction of sp³-hybridized carbons (Fsp3) is 0.533. The molecule has 0 amide bonds. The van der Waals surface area contributed by atoms with Crippen molar-refractivity contribution in [3.63, 3.8) is 0 Å². The van der Waals surface area contributed by atoms with Gasteiger partial charge in [-0.1, -0.05) is 6.42 Å². The average molecular weight is 305 g/mol.